The number of anilines is 2. The minimum atomic E-state index is -0.632. The molecule has 0 saturated carbocycles. The number of aryl methyl sites for hydroxylation is 1. The Kier molecular flexibility index (Phi) is 9.36. The molecule has 3 aromatic carbocycles. The Morgan fingerprint density at radius 2 is 1.70 bits per heavy atom. The summed E-state index contributed by atoms with van der Waals surface area (Å²) in [6.45, 7) is 1.15. The van der Waals surface area contributed by atoms with Gasteiger partial charge in [-0.05, 0) is 66.7 Å². The maximum Gasteiger partial charge on any atom is 0.294 e. The average molecular weight is 600 g/mol. The van der Waals surface area contributed by atoms with E-state index in [1.54, 1.807) is 42.5 Å². The second-order valence-electron chi connectivity index (χ2n) is 8.53. The molecule has 206 valence electrons. The molecule has 1 fully saturated rings. The highest BCUT2D eigenvalue weighted by molar-refractivity contribution is 8.18. The maximum atomic E-state index is 12.9. The molecule has 40 heavy (non-hydrogen) atoms. The van der Waals surface area contributed by atoms with Gasteiger partial charge in [-0.25, -0.2) is 0 Å². The number of carbonyl (C=O) groups is 4. The van der Waals surface area contributed by atoms with E-state index in [1.165, 1.54) is 19.3 Å². The fourth-order valence-corrected chi connectivity index (χ4v) is 4.91. The number of hydrogen-bond acceptors (Lipinski definition) is 7. The van der Waals surface area contributed by atoms with Crippen molar-refractivity contribution in [3.8, 4) is 11.5 Å². The number of imide groups is 1. The van der Waals surface area contributed by atoms with E-state index in [2.05, 4.69) is 10.6 Å². The number of benzene rings is 3. The summed E-state index contributed by atoms with van der Waals surface area (Å²) >= 11 is 13.2. The largest absolute Gasteiger partial charge is 0.493 e. The Hall–Kier alpha value is -3.99. The van der Waals surface area contributed by atoms with E-state index in [-0.39, 0.29) is 28.0 Å². The van der Waals surface area contributed by atoms with Crippen molar-refractivity contribution in [2.75, 3.05) is 30.9 Å². The third-order valence-corrected chi connectivity index (χ3v) is 7.07. The summed E-state index contributed by atoms with van der Waals surface area (Å²) < 4.78 is 11.0. The number of amides is 4. The summed E-state index contributed by atoms with van der Waals surface area (Å²) in [6, 6.07) is 17.0. The van der Waals surface area contributed by atoms with Crippen molar-refractivity contribution in [3.05, 3.63) is 86.7 Å². The van der Waals surface area contributed by atoms with Crippen LogP contribution in [-0.4, -0.2) is 48.1 Å². The molecule has 0 radical (unpaired) electrons. The minimum Gasteiger partial charge on any atom is -0.493 e. The second-order valence-corrected chi connectivity index (χ2v) is 10.3. The molecule has 1 aliphatic rings. The van der Waals surface area contributed by atoms with Crippen LogP contribution in [0.15, 0.2) is 65.6 Å². The van der Waals surface area contributed by atoms with Gasteiger partial charge >= 0.3 is 0 Å². The van der Waals surface area contributed by atoms with Gasteiger partial charge in [0.15, 0.2) is 18.1 Å². The first-order valence-electron chi connectivity index (χ1n) is 11.8. The lowest BCUT2D eigenvalue weighted by Crippen LogP contribution is -2.36. The average Bonchev–Trinajstić information content (AvgIpc) is 3.17. The SMILES string of the molecule is COc1cc(/C=C2/SC(=O)N(CC(=O)Nc3ccccc3Cl)C2=O)cc(Cl)c1OCC(=O)Nc1ccc(C)cc1. The number of hydrogen-bond donors (Lipinski definition) is 2. The van der Waals surface area contributed by atoms with Crippen LogP contribution in [0.2, 0.25) is 10.0 Å². The standard InChI is InChI=1S/C28H23Cl2N3O6S/c1-16-7-9-18(10-8-16)31-25(35)15-39-26-20(30)11-17(12-22(26)38-2)13-23-27(36)33(28(37)40-23)14-24(34)32-21-6-4-3-5-19(21)29/h3-13H,14-15H2,1-2H3,(H,31,35)(H,32,34)/b23-13+. The number of para-hydroxylation sites is 1. The van der Waals surface area contributed by atoms with Crippen LogP contribution in [-0.2, 0) is 14.4 Å². The molecule has 0 bridgehead atoms. The maximum absolute atomic E-state index is 12.9. The van der Waals surface area contributed by atoms with Crippen LogP contribution in [0, 0.1) is 6.92 Å². The number of carbonyl (C=O) groups excluding carboxylic acids is 4. The van der Waals surface area contributed by atoms with Crippen LogP contribution in [0.4, 0.5) is 16.2 Å². The Morgan fingerprint density at radius 1 is 0.975 bits per heavy atom. The molecule has 0 unspecified atom stereocenters. The molecule has 12 heteroatoms. The fraction of sp³-hybridized carbons (Fsp3) is 0.143. The molecule has 3 aromatic rings. The van der Waals surface area contributed by atoms with Crippen molar-refractivity contribution in [2.45, 2.75) is 6.92 Å². The zero-order valence-corrected chi connectivity index (χ0v) is 23.7. The van der Waals surface area contributed by atoms with Gasteiger partial charge in [0.2, 0.25) is 5.91 Å². The number of thioether (sulfide) groups is 1. The predicted octanol–water partition coefficient (Wildman–Crippen LogP) is 6.00. The zero-order valence-electron chi connectivity index (χ0n) is 21.3. The van der Waals surface area contributed by atoms with E-state index in [0.717, 1.165) is 10.5 Å². The normalized spacial score (nSPS) is 13.9. The molecule has 0 aromatic heterocycles. The predicted molar refractivity (Wildman–Crippen MR) is 156 cm³/mol. The molecule has 0 aliphatic carbocycles. The van der Waals surface area contributed by atoms with Gasteiger partial charge < -0.3 is 20.1 Å². The van der Waals surface area contributed by atoms with E-state index < -0.39 is 29.5 Å². The van der Waals surface area contributed by atoms with Crippen molar-refractivity contribution in [3.63, 3.8) is 0 Å². The minimum absolute atomic E-state index is 0.0970. The van der Waals surface area contributed by atoms with Crippen LogP contribution in [0.25, 0.3) is 6.08 Å². The summed E-state index contributed by atoms with van der Waals surface area (Å²) in [7, 11) is 1.40. The molecule has 9 nitrogen and oxygen atoms in total. The smallest absolute Gasteiger partial charge is 0.294 e. The van der Waals surface area contributed by atoms with Gasteiger partial charge in [-0.3, -0.25) is 24.1 Å². The molecule has 1 heterocycles. The van der Waals surface area contributed by atoms with Crippen molar-refractivity contribution >= 4 is 75.4 Å². The summed E-state index contributed by atoms with van der Waals surface area (Å²) in [5.41, 5.74) is 2.51. The van der Waals surface area contributed by atoms with Crippen LogP contribution in [0.5, 0.6) is 11.5 Å². The molecule has 0 atom stereocenters. The quantitative estimate of drug-likeness (QED) is 0.290. The highest BCUT2D eigenvalue weighted by atomic mass is 35.5. The van der Waals surface area contributed by atoms with Gasteiger partial charge in [-0.1, -0.05) is 53.0 Å². The van der Waals surface area contributed by atoms with E-state index in [4.69, 9.17) is 32.7 Å². The molecular weight excluding hydrogens is 577 g/mol. The summed E-state index contributed by atoms with van der Waals surface area (Å²) in [5, 5.41) is 5.18. The third-order valence-electron chi connectivity index (χ3n) is 5.56. The first-order valence-corrected chi connectivity index (χ1v) is 13.4. The molecule has 4 rings (SSSR count). The topological polar surface area (TPSA) is 114 Å². The van der Waals surface area contributed by atoms with Gasteiger partial charge in [0.1, 0.15) is 6.54 Å². The molecule has 4 amide bonds. The van der Waals surface area contributed by atoms with Gasteiger partial charge in [0.05, 0.1) is 27.7 Å². The summed E-state index contributed by atoms with van der Waals surface area (Å²) in [4.78, 5) is 51.1. The number of nitrogens with one attached hydrogen (secondary N) is 2. The highest BCUT2D eigenvalue weighted by Crippen LogP contribution is 2.39. The van der Waals surface area contributed by atoms with E-state index >= 15 is 0 Å². The van der Waals surface area contributed by atoms with E-state index in [0.29, 0.717) is 33.7 Å². The molecular formula is C28H23Cl2N3O6S. The molecule has 0 spiro atoms. The van der Waals surface area contributed by atoms with Crippen molar-refractivity contribution < 1.29 is 28.7 Å². The van der Waals surface area contributed by atoms with Crippen molar-refractivity contribution in [1.82, 2.24) is 4.90 Å². The number of rotatable bonds is 9. The van der Waals surface area contributed by atoms with Gasteiger partial charge in [0.25, 0.3) is 17.1 Å². The summed E-state index contributed by atoms with van der Waals surface area (Å²) in [5.74, 6) is -1.23. The molecule has 2 N–H and O–H groups in total. The van der Waals surface area contributed by atoms with Crippen LogP contribution in [0.1, 0.15) is 11.1 Å². The first kappa shape index (κ1) is 29.0. The summed E-state index contributed by atoms with van der Waals surface area (Å²) in [6.07, 6.45) is 1.46. The van der Waals surface area contributed by atoms with E-state index in [1.807, 2.05) is 19.1 Å². The van der Waals surface area contributed by atoms with Gasteiger partial charge in [-0.2, -0.15) is 0 Å². The Morgan fingerprint density at radius 3 is 2.40 bits per heavy atom. The number of nitrogens with zero attached hydrogens (tertiary/aromatic N) is 1. The first-order chi connectivity index (χ1) is 19.1. The number of halogens is 2. The Balaban J connectivity index is 1.42. The van der Waals surface area contributed by atoms with Crippen LogP contribution < -0.4 is 20.1 Å². The highest BCUT2D eigenvalue weighted by Gasteiger charge is 2.36. The fourth-order valence-electron chi connectivity index (χ4n) is 3.62. The monoisotopic (exact) mass is 599 g/mol. The molecule has 1 aliphatic heterocycles. The lowest BCUT2D eigenvalue weighted by atomic mass is 10.1. The molecule has 1 saturated heterocycles. The van der Waals surface area contributed by atoms with Crippen molar-refractivity contribution in [2.24, 2.45) is 0 Å². The second kappa shape index (κ2) is 12.9. The number of methoxy groups -OCH3 is 1. The van der Waals surface area contributed by atoms with Crippen LogP contribution >= 0.6 is 35.0 Å². The van der Waals surface area contributed by atoms with Gasteiger partial charge in [0, 0.05) is 5.69 Å². The zero-order chi connectivity index (χ0) is 28.8. The van der Waals surface area contributed by atoms with Crippen molar-refractivity contribution in [1.29, 1.82) is 0 Å². The van der Waals surface area contributed by atoms with E-state index in [9.17, 15) is 19.2 Å². The number of ether oxygens (including phenoxy) is 2. The third kappa shape index (κ3) is 7.15. The van der Waals surface area contributed by atoms with Crippen LogP contribution in [0.3, 0.4) is 0 Å². The Bertz CT molecular complexity index is 1510. The lowest BCUT2D eigenvalue weighted by Gasteiger charge is -2.14. The van der Waals surface area contributed by atoms with Gasteiger partial charge in [-0.15, -0.1) is 0 Å². The Labute approximate surface area is 244 Å². The lowest BCUT2D eigenvalue weighted by molar-refractivity contribution is -0.127.